The summed E-state index contributed by atoms with van der Waals surface area (Å²) in [6.45, 7) is 8.27. The van der Waals surface area contributed by atoms with Crippen LogP contribution in [0, 0.1) is 0 Å². The highest BCUT2D eigenvalue weighted by Crippen LogP contribution is 1.93. The van der Waals surface area contributed by atoms with Gasteiger partial charge in [0.2, 0.25) is 0 Å². The Balaban J connectivity index is 0.000000671. The molecule has 0 spiro atoms. The second-order valence-electron chi connectivity index (χ2n) is 2.19. The van der Waals surface area contributed by atoms with Gasteiger partial charge in [0.1, 0.15) is 0 Å². The molecule has 1 nitrogen and oxygen atoms in total. The fourth-order valence-electron chi connectivity index (χ4n) is 0.772. The minimum atomic E-state index is 0.689. The van der Waals surface area contributed by atoms with Gasteiger partial charge in [0, 0.05) is 6.21 Å². The van der Waals surface area contributed by atoms with E-state index in [2.05, 4.69) is 11.6 Å². The molecule has 0 saturated carbocycles. The molecule has 0 heterocycles. The van der Waals surface area contributed by atoms with E-state index < -0.39 is 0 Å². The molecule has 1 rings (SSSR count). The van der Waals surface area contributed by atoms with Gasteiger partial charge in [-0.15, -0.1) is 6.58 Å². The predicted molar refractivity (Wildman–Crippen MR) is 60.4 cm³/mol. The van der Waals surface area contributed by atoms with Crippen molar-refractivity contribution >= 4 is 6.21 Å². The Kier molecular flexibility index (Phi) is 7.80. The number of hydrogen-bond acceptors (Lipinski definition) is 1. The molecule has 0 atom stereocenters. The lowest BCUT2D eigenvalue weighted by molar-refractivity contribution is 1.26. The van der Waals surface area contributed by atoms with Crippen LogP contribution in [0.4, 0.5) is 0 Å². The van der Waals surface area contributed by atoms with E-state index in [9.17, 15) is 0 Å². The third-order valence-electron chi connectivity index (χ3n) is 1.27. The van der Waals surface area contributed by atoms with Gasteiger partial charge in [-0.05, 0) is 5.56 Å². The van der Waals surface area contributed by atoms with Crippen LogP contribution in [0.5, 0.6) is 0 Å². The molecule has 0 fully saturated rings. The Morgan fingerprint density at radius 2 is 1.85 bits per heavy atom. The van der Waals surface area contributed by atoms with Crippen molar-refractivity contribution in [2.24, 2.45) is 4.99 Å². The normalized spacial score (nSPS) is 9.08. The Labute approximate surface area is 80.8 Å². The molecule has 0 bridgehead atoms. The van der Waals surface area contributed by atoms with E-state index in [4.69, 9.17) is 0 Å². The second-order valence-corrected chi connectivity index (χ2v) is 2.19. The van der Waals surface area contributed by atoms with Gasteiger partial charge in [-0.1, -0.05) is 50.3 Å². The Morgan fingerprint density at radius 1 is 1.23 bits per heavy atom. The van der Waals surface area contributed by atoms with Crippen LogP contribution in [0.1, 0.15) is 19.4 Å². The Bertz CT molecular complexity index is 237. The van der Waals surface area contributed by atoms with Crippen LogP contribution < -0.4 is 0 Å². The summed E-state index contributed by atoms with van der Waals surface area (Å²) >= 11 is 0. The van der Waals surface area contributed by atoms with Gasteiger partial charge >= 0.3 is 0 Å². The first-order chi connectivity index (χ1) is 6.43. The monoisotopic (exact) mass is 175 g/mol. The number of benzene rings is 1. The molecule has 0 aromatic heterocycles. The highest BCUT2D eigenvalue weighted by atomic mass is 14.7. The molecular weight excluding hydrogens is 158 g/mol. The Hall–Kier alpha value is -1.37. The zero-order valence-corrected chi connectivity index (χ0v) is 8.40. The molecule has 70 valence electrons. The van der Waals surface area contributed by atoms with Gasteiger partial charge in [0.15, 0.2) is 0 Å². The van der Waals surface area contributed by atoms with E-state index in [0.29, 0.717) is 6.54 Å². The van der Waals surface area contributed by atoms with E-state index >= 15 is 0 Å². The second kappa shape index (κ2) is 8.72. The largest absolute Gasteiger partial charge is 0.288 e. The van der Waals surface area contributed by atoms with E-state index in [1.165, 1.54) is 0 Å². The molecule has 1 aromatic carbocycles. The van der Waals surface area contributed by atoms with E-state index in [-0.39, 0.29) is 0 Å². The van der Waals surface area contributed by atoms with Crippen LogP contribution in [0.15, 0.2) is 48.0 Å². The van der Waals surface area contributed by atoms with Crippen LogP contribution in [0.25, 0.3) is 0 Å². The van der Waals surface area contributed by atoms with Crippen molar-refractivity contribution in [1.82, 2.24) is 0 Å². The zero-order chi connectivity index (χ0) is 9.94. The van der Waals surface area contributed by atoms with Crippen molar-refractivity contribution in [2.45, 2.75) is 13.8 Å². The van der Waals surface area contributed by atoms with Crippen molar-refractivity contribution in [3.05, 3.63) is 48.6 Å². The average molecular weight is 175 g/mol. The fourth-order valence-corrected chi connectivity index (χ4v) is 0.772. The predicted octanol–water partition coefficient (Wildman–Crippen LogP) is 3.32. The summed E-state index contributed by atoms with van der Waals surface area (Å²) in [5, 5.41) is 0. The molecule has 0 aliphatic rings. The molecule has 0 aliphatic carbocycles. The van der Waals surface area contributed by atoms with Gasteiger partial charge in [-0.25, -0.2) is 0 Å². The fraction of sp³-hybridized carbons (Fsp3) is 0.250. The van der Waals surface area contributed by atoms with Crippen molar-refractivity contribution < 1.29 is 0 Å². The summed E-state index contributed by atoms with van der Waals surface area (Å²) in [6, 6.07) is 10.0. The maximum Gasteiger partial charge on any atom is 0.0567 e. The molecule has 0 radical (unpaired) electrons. The summed E-state index contributed by atoms with van der Waals surface area (Å²) in [5.74, 6) is 0. The third-order valence-corrected chi connectivity index (χ3v) is 1.27. The highest BCUT2D eigenvalue weighted by molar-refractivity contribution is 5.79. The van der Waals surface area contributed by atoms with Crippen molar-refractivity contribution in [3.8, 4) is 0 Å². The summed E-state index contributed by atoms with van der Waals surface area (Å²) in [5.41, 5.74) is 1.13. The maximum absolute atomic E-state index is 4.12. The number of aliphatic imine (C=N–C) groups is 1. The molecule has 0 amide bonds. The first-order valence-electron chi connectivity index (χ1n) is 4.59. The number of hydrogen-bond donors (Lipinski definition) is 0. The first kappa shape index (κ1) is 11.6. The molecule has 13 heavy (non-hydrogen) atoms. The average Bonchev–Trinajstić information content (AvgIpc) is 2.23. The van der Waals surface area contributed by atoms with Gasteiger partial charge in [-0.2, -0.15) is 0 Å². The van der Waals surface area contributed by atoms with Crippen molar-refractivity contribution in [3.63, 3.8) is 0 Å². The minimum Gasteiger partial charge on any atom is -0.288 e. The maximum atomic E-state index is 4.12. The van der Waals surface area contributed by atoms with Crippen LogP contribution >= 0.6 is 0 Å². The third kappa shape index (κ3) is 5.85. The van der Waals surface area contributed by atoms with Crippen molar-refractivity contribution in [2.75, 3.05) is 6.54 Å². The summed E-state index contributed by atoms with van der Waals surface area (Å²) < 4.78 is 0. The van der Waals surface area contributed by atoms with E-state index in [1.807, 2.05) is 50.4 Å². The standard InChI is InChI=1S/C10H11N.C2H6/c1-2-8-11-9-10-6-4-3-5-7-10;1-2/h2-7,9H,1,8H2;1-2H3. The van der Waals surface area contributed by atoms with E-state index in [1.54, 1.807) is 6.08 Å². The topological polar surface area (TPSA) is 12.4 Å². The molecule has 0 aliphatic heterocycles. The summed E-state index contributed by atoms with van der Waals surface area (Å²) in [6.07, 6.45) is 3.63. The van der Waals surface area contributed by atoms with Crippen LogP contribution in [0.2, 0.25) is 0 Å². The molecule has 0 unspecified atom stereocenters. The van der Waals surface area contributed by atoms with Gasteiger partial charge in [-0.3, -0.25) is 4.99 Å². The molecule has 1 heteroatoms. The minimum absolute atomic E-state index is 0.689. The summed E-state index contributed by atoms with van der Waals surface area (Å²) in [7, 11) is 0. The molecule has 1 aromatic rings. The zero-order valence-electron chi connectivity index (χ0n) is 8.40. The molecule has 0 saturated heterocycles. The highest BCUT2D eigenvalue weighted by Gasteiger charge is 1.80. The van der Waals surface area contributed by atoms with Gasteiger partial charge in [0.25, 0.3) is 0 Å². The first-order valence-corrected chi connectivity index (χ1v) is 4.59. The number of rotatable bonds is 3. The van der Waals surface area contributed by atoms with Crippen LogP contribution in [-0.4, -0.2) is 12.8 Å². The smallest absolute Gasteiger partial charge is 0.0567 e. The molecule has 0 N–H and O–H groups in total. The van der Waals surface area contributed by atoms with Gasteiger partial charge in [0.05, 0.1) is 6.54 Å². The quantitative estimate of drug-likeness (QED) is 0.493. The SMILES string of the molecule is C=CCN=Cc1ccccc1.CC. The van der Waals surface area contributed by atoms with Crippen LogP contribution in [-0.2, 0) is 0 Å². The van der Waals surface area contributed by atoms with E-state index in [0.717, 1.165) is 5.56 Å². The lowest BCUT2D eigenvalue weighted by atomic mass is 10.2. The lowest BCUT2D eigenvalue weighted by Gasteiger charge is -1.88. The molecular formula is C12H17N. The van der Waals surface area contributed by atoms with Gasteiger partial charge < -0.3 is 0 Å². The number of nitrogens with zero attached hydrogens (tertiary/aromatic N) is 1. The summed E-state index contributed by atoms with van der Waals surface area (Å²) in [4.78, 5) is 4.12. The lowest BCUT2D eigenvalue weighted by Crippen LogP contribution is -1.79. The van der Waals surface area contributed by atoms with Crippen molar-refractivity contribution in [1.29, 1.82) is 0 Å². The van der Waals surface area contributed by atoms with Crippen LogP contribution in [0.3, 0.4) is 0 Å². The Morgan fingerprint density at radius 3 is 2.38 bits per heavy atom.